The number of hydrogen-bond donors (Lipinski definition) is 1. The number of nitro groups is 1. The van der Waals surface area contributed by atoms with Gasteiger partial charge in [-0.25, -0.2) is 0 Å². The molecule has 31 heavy (non-hydrogen) atoms. The molecule has 2 aromatic carbocycles. The van der Waals surface area contributed by atoms with E-state index < -0.39 is 10.9 Å². The first kappa shape index (κ1) is 24.2. The maximum Gasteiger partial charge on any atom is 0.315 e. The third-order valence-electron chi connectivity index (χ3n) is 4.38. The summed E-state index contributed by atoms with van der Waals surface area (Å²) in [6.45, 7) is 2.37. The van der Waals surface area contributed by atoms with Crippen LogP contribution in [0.15, 0.2) is 42.5 Å². The number of esters is 1. The Morgan fingerprint density at radius 3 is 2.52 bits per heavy atom. The van der Waals surface area contributed by atoms with Crippen LogP contribution in [0.3, 0.4) is 0 Å². The van der Waals surface area contributed by atoms with Crippen LogP contribution in [-0.4, -0.2) is 42.8 Å². The molecule has 0 spiro atoms. The largest absolute Gasteiger partial charge is 0.490 e. The van der Waals surface area contributed by atoms with Crippen molar-refractivity contribution < 1.29 is 24.0 Å². The molecule has 0 saturated heterocycles. The van der Waals surface area contributed by atoms with Gasteiger partial charge in [-0.15, -0.1) is 11.8 Å². The third-order valence-corrected chi connectivity index (χ3v) is 5.35. The Hall–Kier alpha value is -3.07. The number of methoxy groups -OCH3 is 1. The van der Waals surface area contributed by atoms with E-state index in [0.717, 1.165) is 5.56 Å². The number of aryl methyl sites for hydroxylation is 2. The maximum atomic E-state index is 11.9. The van der Waals surface area contributed by atoms with Crippen molar-refractivity contribution in [1.82, 2.24) is 5.32 Å². The zero-order valence-electron chi connectivity index (χ0n) is 17.6. The number of rotatable bonds is 12. The van der Waals surface area contributed by atoms with E-state index in [2.05, 4.69) is 5.32 Å². The highest BCUT2D eigenvalue weighted by molar-refractivity contribution is 7.99. The Balaban J connectivity index is 1.60. The van der Waals surface area contributed by atoms with Gasteiger partial charge < -0.3 is 14.8 Å². The van der Waals surface area contributed by atoms with Gasteiger partial charge in [-0.05, 0) is 30.5 Å². The van der Waals surface area contributed by atoms with Crippen molar-refractivity contribution >= 4 is 29.3 Å². The van der Waals surface area contributed by atoms with Gasteiger partial charge in [0.25, 0.3) is 0 Å². The van der Waals surface area contributed by atoms with Gasteiger partial charge in [-0.2, -0.15) is 0 Å². The summed E-state index contributed by atoms with van der Waals surface area (Å²) < 4.78 is 10.1. The van der Waals surface area contributed by atoms with Gasteiger partial charge in [0.2, 0.25) is 5.91 Å². The number of carbonyl (C=O) groups excluding carboxylic acids is 2. The molecule has 9 heteroatoms. The smallest absolute Gasteiger partial charge is 0.315 e. The fourth-order valence-electron chi connectivity index (χ4n) is 2.72. The number of carbonyl (C=O) groups is 2. The van der Waals surface area contributed by atoms with E-state index in [-0.39, 0.29) is 36.2 Å². The second-order valence-corrected chi connectivity index (χ2v) is 7.80. The predicted octanol–water partition coefficient (Wildman–Crippen LogP) is 3.44. The Morgan fingerprint density at radius 1 is 1.13 bits per heavy atom. The minimum atomic E-state index is -0.504. The summed E-state index contributed by atoms with van der Waals surface area (Å²) in [6.07, 6.45) is 1.03. The standard InChI is InChI=1S/C22H26N2O6S/c1-16-3-5-17(6-4-16)8-10-21(25)23-11-12-30-22(26)15-31-14-18-7-9-20(29-2)19(13-18)24(27)28/h3-7,9,13H,8,10-12,14-15H2,1-2H3,(H,23,25). The van der Waals surface area contributed by atoms with Gasteiger partial charge in [0, 0.05) is 18.2 Å². The van der Waals surface area contributed by atoms with Gasteiger partial charge in [0.05, 0.1) is 24.3 Å². The zero-order valence-corrected chi connectivity index (χ0v) is 18.4. The molecule has 0 aliphatic rings. The van der Waals surface area contributed by atoms with Crippen molar-refractivity contribution in [2.45, 2.75) is 25.5 Å². The minimum absolute atomic E-state index is 0.0906. The lowest BCUT2D eigenvalue weighted by molar-refractivity contribution is -0.385. The number of nitrogens with one attached hydrogen (secondary N) is 1. The first-order valence-electron chi connectivity index (χ1n) is 9.76. The van der Waals surface area contributed by atoms with Crippen molar-refractivity contribution in [2.24, 2.45) is 0 Å². The molecular weight excluding hydrogens is 420 g/mol. The highest BCUT2D eigenvalue weighted by atomic mass is 32.2. The lowest BCUT2D eigenvalue weighted by Gasteiger charge is -2.08. The molecule has 0 bridgehead atoms. The summed E-state index contributed by atoms with van der Waals surface area (Å²) in [5.74, 6) is 0.241. The monoisotopic (exact) mass is 446 g/mol. The normalized spacial score (nSPS) is 10.4. The van der Waals surface area contributed by atoms with E-state index in [1.807, 2.05) is 31.2 Å². The molecule has 0 radical (unpaired) electrons. The van der Waals surface area contributed by atoms with Crippen LogP contribution in [0.2, 0.25) is 0 Å². The third kappa shape index (κ3) is 8.67. The van der Waals surface area contributed by atoms with Gasteiger partial charge in [0.15, 0.2) is 5.75 Å². The molecule has 1 N–H and O–H groups in total. The lowest BCUT2D eigenvalue weighted by Crippen LogP contribution is -2.28. The van der Waals surface area contributed by atoms with Crippen molar-refractivity contribution in [3.8, 4) is 5.75 Å². The molecule has 1 amide bonds. The van der Waals surface area contributed by atoms with Crippen molar-refractivity contribution in [3.63, 3.8) is 0 Å². The van der Waals surface area contributed by atoms with Gasteiger partial charge in [0.1, 0.15) is 6.61 Å². The van der Waals surface area contributed by atoms with E-state index in [9.17, 15) is 19.7 Å². The van der Waals surface area contributed by atoms with E-state index >= 15 is 0 Å². The van der Waals surface area contributed by atoms with Crippen LogP contribution < -0.4 is 10.1 Å². The van der Waals surface area contributed by atoms with Gasteiger partial charge >= 0.3 is 11.7 Å². The fraction of sp³-hybridized carbons (Fsp3) is 0.364. The Labute approximate surface area is 185 Å². The van der Waals surface area contributed by atoms with E-state index in [1.54, 1.807) is 6.07 Å². The van der Waals surface area contributed by atoms with E-state index in [4.69, 9.17) is 9.47 Å². The number of nitrogens with zero attached hydrogens (tertiary/aromatic N) is 1. The molecule has 0 fully saturated rings. The molecular formula is C22H26N2O6S. The van der Waals surface area contributed by atoms with E-state index in [0.29, 0.717) is 24.2 Å². The highest BCUT2D eigenvalue weighted by Gasteiger charge is 2.15. The van der Waals surface area contributed by atoms with Crippen molar-refractivity contribution in [2.75, 3.05) is 26.0 Å². The second kappa shape index (κ2) is 12.6. The van der Waals surface area contributed by atoms with Crippen LogP contribution in [0.1, 0.15) is 23.1 Å². The molecule has 0 aliphatic heterocycles. The van der Waals surface area contributed by atoms with Crippen molar-refractivity contribution in [3.05, 3.63) is 69.3 Å². The molecule has 0 heterocycles. The molecule has 2 rings (SSSR count). The molecule has 2 aromatic rings. The fourth-order valence-corrected chi connectivity index (χ4v) is 3.49. The summed E-state index contributed by atoms with van der Waals surface area (Å²) in [5.41, 5.74) is 2.89. The SMILES string of the molecule is COc1ccc(CSCC(=O)OCCNC(=O)CCc2ccc(C)cc2)cc1[N+](=O)[O-]. The number of benzene rings is 2. The predicted molar refractivity (Wildman–Crippen MR) is 119 cm³/mol. The summed E-state index contributed by atoms with van der Waals surface area (Å²) in [5, 5.41) is 13.8. The van der Waals surface area contributed by atoms with Crippen molar-refractivity contribution in [1.29, 1.82) is 0 Å². The molecule has 0 saturated carbocycles. The van der Waals surface area contributed by atoms with E-state index in [1.165, 1.54) is 36.6 Å². The number of nitro benzene ring substituents is 1. The number of thioether (sulfide) groups is 1. The Bertz CT molecular complexity index is 901. The van der Waals surface area contributed by atoms with Crippen LogP contribution in [-0.2, 0) is 26.5 Å². The zero-order chi connectivity index (χ0) is 22.6. The molecule has 0 aromatic heterocycles. The quantitative estimate of drug-likeness (QED) is 0.230. The first-order valence-corrected chi connectivity index (χ1v) is 10.9. The number of ether oxygens (including phenoxy) is 2. The molecule has 166 valence electrons. The van der Waals surface area contributed by atoms with Crippen LogP contribution in [0, 0.1) is 17.0 Å². The van der Waals surface area contributed by atoms with Gasteiger partial charge in [-0.3, -0.25) is 19.7 Å². The van der Waals surface area contributed by atoms with Crippen LogP contribution >= 0.6 is 11.8 Å². The molecule has 0 atom stereocenters. The second-order valence-electron chi connectivity index (χ2n) is 6.81. The number of amides is 1. The summed E-state index contributed by atoms with van der Waals surface area (Å²) >= 11 is 1.29. The van der Waals surface area contributed by atoms with Crippen LogP contribution in [0.4, 0.5) is 5.69 Å². The Kier molecular flexibility index (Phi) is 9.83. The lowest BCUT2D eigenvalue weighted by atomic mass is 10.1. The minimum Gasteiger partial charge on any atom is -0.490 e. The summed E-state index contributed by atoms with van der Waals surface area (Å²) in [6, 6.07) is 12.7. The van der Waals surface area contributed by atoms with Gasteiger partial charge in [-0.1, -0.05) is 35.9 Å². The topological polar surface area (TPSA) is 108 Å². The molecule has 0 unspecified atom stereocenters. The molecule has 0 aliphatic carbocycles. The van der Waals surface area contributed by atoms with Crippen LogP contribution in [0.25, 0.3) is 0 Å². The average molecular weight is 447 g/mol. The van der Waals surface area contributed by atoms with Crippen LogP contribution in [0.5, 0.6) is 5.75 Å². The molecule has 8 nitrogen and oxygen atoms in total. The maximum absolute atomic E-state index is 11.9. The summed E-state index contributed by atoms with van der Waals surface area (Å²) in [7, 11) is 1.37. The Morgan fingerprint density at radius 2 is 1.84 bits per heavy atom. The summed E-state index contributed by atoms with van der Waals surface area (Å²) in [4.78, 5) is 34.2. The number of hydrogen-bond acceptors (Lipinski definition) is 7. The average Bonchev–Trinajstić information content (AvgIpc) is 2.76. The first-order chi connectivity index (χ1) is 14.9. The highest BCUT2D eigenvalue weighted by Crippen LogP contribution is 2.28.